The number of quaternary nitrogens is 1. The van der Waals surface area contributed by atoms with Crippen LogP contribution in [0.1, 0.15) is 27.7 Å². The van der Waals surface area contributed by atoms with Gasteiger partial charge in [0.25, 0.3) is 17.6 Å². The van der Waals surface area contributed by atoms with Gasteiger partial charge < -0.3 is 15.5 Å². The summed E-state index contributed by atoms with van der Waals surface area (Å²) < 4.78 is 25.2. The van der Waals surface area contributed by atoms with Crippen LogP contribution < -0.4 is 15.5 Å². The van der Waals surface area contributed by atoms with Gasteiger partial charge in [0.2, 0.25) is 0 Å². The molecule has 0 bridgehead atoms. The van der Waals surface area contributed by atoms with E-state index in [-0.39, 0.29) is 30.4 Å². The van der Waals surface area contributed by atoms with E-state index >= 15 is 0 Å². The van der Waals surface area contributed by atoms with E-state index in [4.69, 9.17) is 0 Å². The Labute approximate surface area is 151 Å². The van der Waals surface area contributed by atoms with Gasteiger partial charge in [-0.25, -0.2) is 0 Å². The lowest BCUT2D eigenvalue weighted by molar-refractivity contribution is -0.881. The van der Waals surface area contributed by atoms with Gasteiger partial charge in [-0.15, -0.1) is 0 Å². The number of anilines is 1. The third-order valence-corrected chi connectivity index (χ3v) is 4.00. The number of nitrogens with one attached hydrogen (secondary N) is 3. The molecule has 1 rings (SSSR count). The SMILES string of the molecule is CC[NH+](CC(=O)Nc1ccccc1SC(F)F)CC(=O)NC(C)(C)C. The van der Waals surface area contributed by atoms with Crippen LogP contribution in [0, 0.1) is 0 Å². The summed E-state index contributed by atoms with van der Waals surface area (Å²) in [6, 6.07) is 6.43. The monoisotopic (exact) mass is 374 g/mol. The molecule has 0 saturated heterocycles. The summed E-state index contributed by atoms with van der Waals surface area (Å²) in [4.78, 5) is 25.3. The molecule has 1 aromatic rings. The van der Waals surface area contributed by atoms with Crippen molar-refractivity contribution in [3.63, 3.8) is 0 Å². The highest BCUT2D eigenvalue weighted by molar-refractivity contribution is 7.99. The molecule has 0 aliphatic rings. The normalized spacial score (nSPS) is 12.8. The minimum Gasteiger partial charge on any atom is -0.347 e. The molecule has 1 atom stereocenters. The van der Waals surface area contributed by atoms with E-state index in [1.807, 2.05) is 27.7 Å². The van der Waals surface area contributed by atoms with Crippen LogP contribution in [-0.2, 0) is 9.59 Å². The Morgan fingerprint density at radius 1 is 1.16 bits per heavy atom. The molecule has 1 unspecified atom stereocenters. The minimum absolute atomic E-state index is 0.0851. The fourth-order valence-electron chi connectivity index (χ4n) is 2.19. The highest BCUT2D eigenvalue weighted by Crippen LogP contribution is 2.31. The number of para-hydroxylation sites is 1. The topological polar surface area (TPSA) is 62.6 Å². The Bertz CT molecular complexity index is 592. The van der Waals surface area contributed by atoms with E-state index in [2.05, 4.69) is 10.6 Å². The molecular weight excluding hydrogens is 348 g/mol. The predicted octanol–water partition coefficient (Wildman–Crippen LogP) is 1.76. The number of benzene rings is 1. The Hall–Kier alpha value is -1.67. The van der Waals surface area contributed by atoms with Crippen molar-refractivity contribution < 1.29 is 23.3 Å². The lowest BCUT2D eigenvalue weighted by atomic mass is 10.1. The molecule has 0 spiro atoms. The lowest BCUT2D eigenvalue weighted by Crippen LogP contribution is -3.14. The second-order valence-electron chi connectivity index (χ2n) is 6.68. The van der Waals surface area contributed by atoms with Crippen LogP contribution in [0.15, 0.2) is 29.2 Å². The van der Waals surface area contributed by atoms with E-state index in [1.165, 1.54) is 6.07 Å². The summed E-state index contributed by atoms with van der Waals surface area (Å²) in [5.41, 5.74) is 0.0243. The zero-order valence-corrected chi connectivity index (χ0v) is 15.8. The summed E-state index contributed by atoms with van der Waals surface area (Å²) >= 11 is 0.390. The number of hydrogen-bond acceptors (Lipinski definition) is 3. The Morgan fingerprint density at radius 3 is 2.32 bits per heavy atom. The van der Waals surface area contributed by atoms with Crippen LogP contribution in [0.3, 0.4) is 0 Å². The quantitative estimate of drug-likeness (QED) is 0.608. The average molecular weight is 374 g/mol. The predicted molar refractivity (Wildman–Crippen MR) is 96.1 cm³/mol. The van der Waals surface area contributed by atoms with Crippen molar-refractivity contribution in [2.45, 2.75) is 43.9 Å². The number of carbonyl (C=O) groups excluding carboxylic acids is 2. The van der Waals surface area contributed by atoms with Gasteiger partial charge in [0.05, 0.1) is 12.2 Å². The van der Waals surface area contributed by atoms with Crippen molar-refractivity contribution in [3.8, 4) is 0 Å². The number of thioether (sulfide) groups is 1. The molecule has 0 aliphatic carbocycles. The Kier molecular flexibility index (Phi) is 8.31. The standard InChI is InChI=1S/C17H25F2N3O2S/c1-5-22(11-15(24)21-17(2,3)4)10-14(23)20-12-8-6-7-9-13(12)25-16(18)19/h6-9,16H,5,10-11H2,1-4H3,(H,20,23)(H,21,24)/p+1. The van der Waals surface area contributed by atoms with Crippen LogP contribution >= 0.6 is 11.8 Å². The summed E-state index contributed by atoms with van der Waals surface area (Å²) in [6.45, 7) is 8.41. The fraction of sp³-hybridized carbons (Fsp3) is 0.529. The van der Waals surface area contributed by atoms with Crippen molar-refractivity contribution in [3.05, 3.63) is 24.3 Å². The van der Waals surface area contributed by atoms with Crippen LogP contribution in [-0.4, -0.2) is 42.7 Å². The summed E-state index contributed by atoms with van der Waals surface area (Å²) in [7, 11) is 0. The molecule has 1 aromatic carbocycles. The molecule has 140 valence electrons. The van der Waals surface area contributed by atoms with Gasteiger partial charge in [-0.2, -0.15) is 8.78 Å². The number of rotatable bonds is 8. The van der Waals surface area contributed by atoms with Crippen LogP contribution in [0.5, 0.6) is 0 Å². The van der Waals surface area contributed by atoms with Crippen LogP contribution in [0.25, 0.3) is 0 Å². The van der Waals surface area contributed by atoms with Crippen molar-refractivity contribution in [2.75, 3.05) is 25.0 Å². The summed E-state index contributed by atoms with van der Waals surface area (Å²) in [5.74, 6) is -3.01. The molecule has 2 amide bonds. The van der Waals surface area contributed by atoms with Crippen molar-refractivity contribution in [2.24, 2.45) is 0 Å². The number of amides is 2. The maximum atomic E-state index is 12.6. The van der Waals surface area contributed by atoms with Crippen molar-refractivity contribution in [1.29, 1.82) is 0 Å². The van der Waals surface area contributed by atoms with E-state index in [0.717, 1.165) is 4.90 Å². The second-order valence-corrected chi connectivity index (χ2v) is 7.71. The zero-order chi connectivity index (χ0) is 19.0. The Balaban J connectivity index is 2.64. The first kappa shape index (κ1) is 21.4. The minimum atomic E-state index is -2.56. The van der Waals surface area contributed by atoms with Gasteiger partial charge in [0, 0.05) is 10.4 Å². The van der Waals surface area contributed by atoms with Gasteiger partial charge in [-0.05, 0) is 39.8 Å². The van der Waals surface area contributed by atoms with E-state index in [1.54, 1.807) is 18.2 Å². The molecule has 0 fully saturated rings. The molecule has 0 saturated carbocycles. The molecule has 0 heterocycles. The van der Waals surface area contributed by atoms with E-state index < -0.39 is 5.76 Å². The highest BCUT2D eigenvalue weighted by atomic mass is 32.2. The summed E-state index contributed by atoms with van der Waals surface area (Å²) in [5, 5.41) is 5.52. The largest absolute Gasteiger partial charge is 0.347 e. The van der Waals surface area contributed by atoms with E-state index in [0.29, 0.717) is 28.9 Å². The average Bonchev–Trinajstić information content (AvgIpc) is 2.46. The van der Waals surface area contributed by atoms with Gasteiger partial charge in [0.1, 0.15) is 0 Å². The lowest BCUT2D eigenvalue weighted by Gasteiger charge is -2.23. The smallest absolute Gasteiger partial charge is 0.288 e. The molecule has 25 heavy (non-hydrogen) atoms. The number of likely N-dealkylation sites (N-methyl/N-ethyl adjacent to an activating group) is 1. The molecular formula is C17H26F2N3O2S+. The molecule has 0 aromatic heterocycles. The second kappa shape index (κ2) is 9.72. The third kappa shape index (κ3) is 8.83. The van der Waals surface area contributed by atoms with Gasteiger partial charge in [0.15, 0.2) is 13.1 Å². The summed E-state index contributed by atoms with van der Waals surface area (Å²) in [6.07, 6.45) is 0. The first-order chi connectivity index (χ1) is 11.6. The van der Waals surface area contributed by atoms with Crippen LogP contribution in [0.4, 0.5) is 14.5 Å². The van der Waals surface area contributed by atoms with Gasteiger partial charge in [-0.3, -0.25) is 9.59 Å². The molecule has 0 aliphatic heterocycles. The van der Waals surface area contributed by atoms with Gasteiger partial charge in [-0.1, -0.05) is 23.9 Å². The fourth-order valence-corrected chi connectivity index (χ4v) is 2.79. The highest BCUT2D eigenvalue weighted by Gasteiger charge is 2.21. The number of halogens is 2. The maximum absolute atomic E-state index is 12.6. The molecule has 5 nitrogen and oxygen atoms in total. The Morgan fingerprint density at radius 2 is 1.76 bits per heavy atom. The number of carbonyl (C=O) groups is 2. The van der Waals surface area contributed by atoms with Crippen molar-refractivity contribution >= 4 is 29.3 Å². The molecule has 3 N–H and O–H groups in total. The number of hydrogen-bond donors (Lipinski definition) is 3. The zero-order valence-electron chi connectivity index (χ0n) is 15.0. The maximum Gasteiger partial charge on any atom is 0.288 e. The first-order valence-electron chi connectivity index (χ1n) is 8.09. The molecule has 8 heteroatoms. The van der Waals surface area contributed by atoms with Crippen molar-refractivity contribution in [1.82, 2.24) is 5.32 Å². The van der Waals surface area contributed by atoms with E-state index in [9.17, 15) is 18.4 Å². The first-order valence-corrected chi connectivity index (χ1v) is 8.97. The molecule has 0 radical (unpaired) electrons. The third-order valence-electron chi connectivity index (χ3n) is 3.21. The van der Waals surface area contributed by atoms with Crippen LogP contribution in [0.2, 0.25) is 0 Å². The van der Waals surface area contributed by atoms with Gasteiger partial charge >= 0.3 is 0 Å². The number of alkyl halides is 2.